The fourth-order valence-corrected chi connectivity index (χ4v) is 5.18. The molecule has 2 heterocycles. The quantitative estimate of drug-likeness (QED) is 0.590. The lowest BCUT2D eigenvalue weighted by atomic mass is 10.0. The van der Waals surface area contributed by atoms with Gasteiger partial charge < -0.3 is 4.74 Å². The van der Waals surface area contributed by atoms with Gasteiger partial charge in [-0.3, -0.25) is 14.7 Å². The van der Waals surface area contributed by atoms with Crippen LogP contribution >= 0.6 is 0 Å². The lowest BCUT2D eigenvalue weighted by molar-refractivity contribution is 0.0290. The molecule has 0 radical (unpaired) electrons. The van der Waals surface area contributed by atoms with Crippen LogP contribution in [0.2, 0.25) is 0 Å². The monoisotopic (exact) mass is 453 g/mol. The Morgan fingerprint density at radius 2 is 1.36 bits per heavy atom. The third kappa shape index (κ3) is 6.19. The zero-order chi connectivity index (χ0) is 23.4. The first-order valence-electron chi connectivity index (χ1n) is 12.0. The van der Waals surface area contributed by atoms with Gasteiger partial charge in [0, 0.05) is 57.9 Å². The number of piperazine rings is 1. The van der Waals surface area contributed by atoms with E-state index in [2.05, 4.69) is 52.8 Å². The highest BCUT2D eigenvalue weighted by molar-refractivity contribution is 5.89. The molecule has 2 aromatic rings. The van der Waals surface area contributed by atoms with Crippen LogP contribution in [0.4, 0.5) is 4.39 Å². The highest BCUT2D eigenvalue weighted by atomic mass is 19.1. The van der Waals surface area contributed by atoms with E-state index in [0.717, 1.165) is 39.3 Å². The zero-order valence-corrected chi connectivity index (χ0v) is 20.0. The minimum absolute atomic E-state index is 0.296. The maximum atomic E-state index is 13.4. The normalized spacial score (nSPS) is 24.8. The first kappa shape index (κ1) is 23.9. The Labute approximate surface area is 197 Å². The van der Waals surface area contributed by atoms with Crippen molar-refractivity contribution in [2.24, 2.45) is 0 Å². The molecule has 3 atom stereocenters. The molecule has 0 N–H and O–H groups in total. The molecule has 0 bridgehead atoms. The number of hydrogen-bond acceptors (Lipinski definition) is 5. The Kier molecular flexibility index (Phi) is 7.78. The molecule has 2 saturated heterocycles. The van der Waals surface area contributed by atoms with Crippen LogP contribution in [0.3, 0.4) is 0 Å². The second kappa shape index (κ2) is 10.8. The van der Waals surface area contributed by atoms with E-state index in [1.54, 1.807) is 0 Å². The van der Waals surface area contributed by atoms with Gasteiger partial charge in [0.1, 0.15) is 6.17 Å². The molecule has 2 aliphatic heterocycles. The molecule has 6 heteroatoms. The largest absolute Gasteiger partial charge is 0.465 e. The van der Waals surface area contributed by atoms with E-state index in [0.29, 0.717) is 30.6 Å². The van der Waals surface area contributed by atoms with Gasteiger partial charge in [0.2, 0.25) is 0 Å². The second-order valence-corrected chi connectivity index (χ2v) is 9.69. The smallest absolute Gasteiger partial charge is 0.337 e. The van der Waals surface area contributed by atoms with E-state index in [4.69, 9.17) is 4.74 Å². The van der Waals surface area contributed by atoms with Crippen molar-refractivity contribution < 1.29 is 13.9 Å². The molecule has 2 aromatic carbocycles. The Morgan fingerprint density at radius 3 is 1.88 bits per heavy atom. The van der Waals surface area contributed by atoms with Crippen LogP contribution in [0.25, 0.3) is 0 Å². The van der Waals surface area contributed by atoms with Crippen LogP contribution in [0.15, 0.2) is 48.5 Å². The highest BCUT2D eigenvalue weighted by Gasteiger charge is 2.29. The third-order valence-electron chi connectivity index (χ3n) is 6.97. The molecule has 0 aromatic heterocycles. The number of alkyl halides is 1. The van der Waals surface area contributed by atoms with E-state index >= 15 is 0 Å². The molecule has 4 rings (SSSR count). The molecule has 2 aliphatic rings. The summed E-state index contributed by atoms with van der Waals surface area (Å²) >= 11 is 0. The maximum Gasteiger partial charge on any atom is 0.337 e. The number of halogens is 1. The van der Waals surface area contributed by atoms with Gasteiger partial charge in [-0.05, 0) is 49.1 Å². The fourth-order valence-electron chi connectivity index (χ4n) is 5.18. The second-order valence-electron chi connectivity index (χ2n) is 9.69. The Morgan fingerprint density at radius 1 is 0.848 bits per heavy atom. The Hall–Kier alpha value is -2.28. The van der Waals surface area contributed by atoms with E-state index in [-0.39, 0.29) is 5.97 Å². The van der Waals surface area contributed by atoms with Gasteiger partial charge in [0.25, 0.3) is 0 Å². The van der Waals surface area contributed by atoms with Gasteiger partial charge in [-0.1, -0.05) is 36.4 Å². The van der Waals surface area contributed by atoms with Gasteiger partial charge in [-0.25, -0.2) is 9.18 Å². The minimum atomic E-state index is -0.662. The Balaban J connectivity index is 1.29. The van der Waals surface area contributed by atoms with Gasteiger partial charge in [-0.2, -0.15) is 0 Å². The first-order valence-corrected chi connectivity index (χ1v) is 12.0. The van der Waals surface area contributed by atoms with Crippen molar-refractivity contribution in [1.29, 1.82) is 0 Å². The number of methoxy groups -OCH3 is 1. The molecule has 0 spiro atoms. The summed E-state index contributed by atoms with van der Waals surface area (Å²) in [4.78, 5) is 18.9. The molecular formula is C27H36FN3O2. The topological polar surface area (TPSA) is 36.0 Å². The van der Waals surface area contributed by atoms with Crippen LogP contribution in [-0.4, -0.2) is 72.2 Å². The van der Waals surface area contributed by atoms with Crippen molar-refractivity contribution >= 4 is 5.97 Å². The lowest BCUT2D eigenvalue weighted by Gasteiger charge is -2.44. The average molecular weight is 454 g/mol. The van der Waals surface area contributed by atoms with E-state index in [9.17, 15) is 9.18 Å². The molecule has 2 fully saturated rings. The van der Waals surface area contributed by atoms with Gasteiger partial charge in [0.05, 0.1) is 12.7 Å². The summed E-state index contributed by atoms with van der Waals surface area (Å²) in [6, 6.07) is 17.5. The van der Waals surface area contributed by atoms with Crippen molar-refractivity contribution in [2.45, 2.75) is 58.2 Å². The summed E-state index contributed by atoms with van der Waals surface area (Å²) in [6.07, 6.45) is 0.00341. The highest BCUT2D eigenvalue weighted by Crippen LogP contribution is 2.22. The number of likely N-dealkylation sites (tertiary alicyclic amines) is 1. The number of rotatable bonds is 7. The predicted molar refractivity (Wildman–Crippen MR) is 129 cm³/mol. The van der Waals surface area contributed by atoms with Crippen molar-refractivity contribution in [2.75, 3.05) is 33.3 Å². The number of benzene rings is 2. The van der Waals surface area contributed by atoms with Crippen LogP contribution in [-0.2, 0) is 24.4 Å². The number of nitrogens with zero attached hydrogens (tertiary/aromatic N) is 3. The van der Waals surface area contributed by atoms with Gasteiger partial charge in [-0.15, -0.1) is 0 Å². The van der Waals surface area contributed by atoms with Crippen molar-refractivity contribution in [3.8, 4) is 0 Å². The SMILES string of the molecule is COC(=O)c1ccc(CN2C[C@@H](C)N(Cc3ccc(CN4CCC(F)C4)cc3)[C@@H](C)C2)cc1. The number of ether oxygens (including phenoxy) is 1. The van der Waals surface area contributed by atoms with Crippen LogP contribution < -0.4 is 0 Å². The average Bonchev–Trinajstić information content (AvgIpc) is 3.22. The van der Waals surface area contributed by atoms with E-state index < -0.39 is 6.17 Å². The van der Waals surface area contributed by atoms with Crippen LogP contribution in [0, 0.1) is 0 Å². The molecular weight excluding hydrogens is 417 g/mol. The number of carbonyl (C=O) groups excluding carboxylic acids is 1. The third-order valence-corrected chi connectivity index (χ3v) is 6.97. The van der Waals surface area contributed by atoms with Crippen LogP contribution in [0.1, 0.15) is 47.3 Å². The summed E-state index contributed by atoms with van der Waals surface area (Å²) in [6.45, 7) is 10.7. The predicted octanol–water partition coefficient (Wildman–Crippen LogP) is 4.11. The minimum Gasteiger partial charge on any atom is -0.465 e. The van der Waals surface area contributed by atoms with Crippen molar-refractivity contribution in [1.82, 2.24) is 14.7 Å². The number of hydrogen-bond donors (Lipinski definition) is 0. The molecule has 178 valence electrons. The summed E-state index contributed by atoms with van der Waals surface area (Å²) in [7, 11) is 1.41. The van der Waals surface area contributed by atoms with E-state index in [1.165, 1.54) is 23.8 Å². The van der Waals surface area contributed by atoms with Crippen molar-refractivity contribution in [3.63, 3.8) is 0 Å². The number of carbonyl (C=O) groups is 1. The molecule has 0 aliphatic carbocycles. The summed E-state index contributed by atoms with van der Waals surface area (Å²) < 4.78 is 18.2. The number of esters is 1. The fraction of sp³-hybridized carbons (Fsp3) is 0.519. The van der Waals surface area contributed by atoms with Crippen LogP contribution in [0.5, 0.6) is 0 Å². The van der Waals surface area contributed by atoms with Crippen molar-refractivity contribution in [3.05, 3.63) is 70.8 Å². The molecule has 0 saturated carbocycles. The summed E-state index contributed by atoms with van der Waals surface area (Å²) in [5.41, 5.74) is 4.39. The molecule has 0 amide bonds. The maximum absolute atomic E-state index is 13.4. The lowest BCUT2D eigenvalue weighted by Crippen LogP contribution is -2.55. The summed E-state index contributed by atoms with van der Waals surface area (Å²) in [5, 5.41) is 0. The first-order chi connectivity index (χ1) is 15.9. The molecule has 1 unspecified atom stereocenters. The zero-order valence-electron chi connectivity index (χ0n) is 20.0. The van der Waals surface area contributed by atoms with E-state index in [1.807, 2.05) is 24.3 Å². The molecule has 33 heavy (non-hydrogen) atoms. The Bertz CT molecular complexity index is 906. The molecule has 5 nitrogen and oxygen atoms in total. The van der Waals surface area contributed by atoms with Gasteiger partial charge >= 0.3 is 5.97 Å². The summed E-state index contributed by atoms with van der Waals surface area (Å²) in [5.74, 6) is -0.296. The van der Waals surface area contributed by atoms with Gasteiger partial charge in [0.15, 0.2) is 0 Å². The standard InChI is InChI=1S/C27H36FN3O2/c1-20-14-30(17-23-8-10-25(11-9-23)27(32)33-3)15-21(2)31(20)18-24-6-4-22(5-7-24)16-29-13-12-26(28)19-29/h4-11,20-21,26H,12-19H2,1-3H3/t20-,21+,26?.